The predicted molar refractivity (Wildman–Crippen MR) is 111 cm³/mol. The lowest BCUT2D eigenvalue weighted by Gasteiger charge is -2.29. The molecule has 0 saturated heterocycles. The lowest BCUT2D eigenvalue weighted by Crippen LogP contribution is -2.42. The van der Waals surface area contributed by atoms with Crippen molar-refractivity contribution >= 4 is 22.7 Å². The van der Waals surface area contributed by atoms with E-state index in [1.54, 1.807) is 10.9 Å². The number of H-pyrrole nitrogens is 1. The summed E-state index contributed by atoms with van der Waals surface area (Å²) in [5.74, 6) is 0.716. The predicted octanol–water partition coefficient (Wildman–Crippen LogP) is 1.79. The van der Waals surface area contributed by atoms with Crippen LogP contribution in [0.1, 0.15) is 50.2 Å². The second-order valence-electron chi connectivity index (χ2n) is 8.04. The highest BCUT2D eigenvalue weighted by molar-refractivity contribution is 5.87. The van der Waals surface area contributed by atoms with Crippen molar-refractivity contribution in [3.63, 3.8) is 0 Å². The minimum atomic E-state index is -0.188. The lowest BCUT2D eigenvalue weighted by atomic mass is 9.85. The Balaban J connectivity index is 1.24. The first-order chi connectivity index (χ1) is 14.5. The van der Waals surface area contributed by atoms with E-state index in [0.717, 1.165) is 48.1 Å². The van der Waals surface area contributed by atoms with Crippen molar-refractivity contribution in [2.75, 3.05) is 0 Å². The molecule has 3 N–H and O–H groups in total. The molecule has 1 saturated carbocycles. The first kappa shape index (κ1) is 20.1. The number of aromatic amines is 1. The van der Waals surface area contributed by atoms with Gasteiger partial charge in [0.2, 0.25) is 11.8 Å². The zero-order chi connectivity index (χ0) is 21.1. The maximum absolute atomic E-state index is 12.6. The summed E-state index contributed by atoms with van der Waals surface area (Å²) in [4.78, 5) is 25.1. The second kappa shape index (κ2) is 8.64. The van der Waals surface area contributed by atoms with E-state index in [1.807, 2.05) is 38.2 Å². The Hall–Kier alpha value is -3.23. The Labute approximate surface area is 174 Å². The van der Waals surface area contributed by atoms with Crippen LogP contribution in [0.25, 0.3) is 10.9 Å². The third-order valence-corrected chi connectivity index (χ3v) is 5.83. The largest absolute Gasteiger partial charge is 0.353 e. The van der Waals surface area contributed by atoms with Crippen LogP contribution < -0.4 is 10.6 Å². The van der Waals surface area contributed by atoms with Crippen LogP contribution in [0.4, 0.5) is 0 Å². The molecule has 1 unspecified atom stereocenters. The molecule has 0 radical (unpaired) electrons. The summed E-state index contributed by atoms with van der Waals surface area (Å²) in [5.41, 5.74) is 1.69. The zero-order valence-corrected chi connectivity index (χ0v) is 17.3. The zero-order valence-electron chi connectivity index (χ0n) is 17.3. The van der Waals surface area contributed by atoms with Crippen molar-refractivity contribution < 1.29 is 9.59 Å². The summed E-state index contributed by atoms with van der Waals surface area (Å²) in [5, 5.41) is 22.2. The summed E-state index contributed by atoms with van der Waals surface area (Å²) in [6.45, 7) is 1.91. The molecule has 2 amide bonds. The van der Waals surface area contributed by atoms with Crippen LogP contribution in [0.3, 0.4) is 0 Å². The Morgan fingerprint density at radius 3 is 2.73 bits per heavy atom. The van der Waals surface area contributed by atoms with Gasteiger partial charge in [0.15, 0.2) is 5.82 Å². The van der Waals surface area contributed by atoms with Gasteiger partial charge in [0, 0.05) is 24.4 Å². The van der Waals surface area contributed by atoms with Gasteiger partial charge in [-0.2, -0.15) is 5.10 Å². The smallest absolute Gasteiger partial charge is 0.226 e. The molecule has 1 aliphatic carbocycles. The molecule has 2 aromatic heterocycles. The lowest BCUT2D eigenvalue weighted by molar-refractivity contribution is -0.126. The van der Waals surface area contributed by atoms with Crippen molar-refractivity contribution in [1.82, 2.24) is 35.6 Å². The number of amides is 2. The molecule has 2 heterocycles. The van der Waals surface area contributed by atoms with E-state index in [0.29, 0.717) is 0 Å². The van der Waals surface area contributed by atoms with Gasteiger partial charge in [0.25, 0.3) is 0 Å². The van der Waals surface area contributed by atoms with Gasteiger partial charge in [-0.1, -0.05) is 18.2 Å². The molecule has 30 heavy (non-hydrogen) atoms. The van der Waals surface area contributed by atoms with Crippen molar-refractivity contribution in [2.45, 2.75) is 51.1 Å². The number of hydrogen-bond acceptors (Lipinski definition) is 5. The SMILES string of the molecule is CC(NC(=O)C1CCC(NC(=O)Cc2[nH]nc3ccccc23)CC1)c1nncn1C. The van der Waals surface area contributed by atoms with Crippen molar-refractivity contribution in [3.05, 3.63) is 42.1 Å². The highest BCUT2D eigenvalue weighted by Gasteiger charge is 2.28. The van der Waals surface area contributed by atoms with Crippen LogP contribution in [-0.4, -0.2) is 42.8 Å². The number of fused-ring (bicyclic) bond motifs is 1. The quantitative estimate of drug-likeness (QED) is 0.574. The summed E-state index contributed by atoms with van der Waals surface area (Å²) < 4.78 is 1.81. The van der Waals surface area contributed by atoms with Crippen LogP contribution in [0.2, 0.25) is 0 Å². The number of aryl methyl sites for hydroxylation is 1. The molecule has 0 spiro atoms. The maximum Gasteiger partial charge on any atom is 0.226 e. The first-order valence-electron chi connectivity index (χ1n) is 10.4. The fourth-order valence-corrected chi connectivity index (χ4v) is 4.17. The van der Waals surface area contributed by atoms with Crippen LogP contribution >= 0.6 is 0 Å². The van der Waals surface area contributed by atoms with Gasteiger partial charge >= 0.3 is 0 Å². The minimum absolute atomic E-state index is 0.0202. The molecule has 0 bridgehead atoms. The number of carbonyl (C=O) groups is 2. The molecule has 1 aromatic carbocycles. The minimum Gasteiger partial charge on any atom is -0.353 e. The van der Waals surface area contributed by atoms with E-state index in [-0.39, 0.29) is 36.2 Å². The number of carbonyl (C=O) groups excluding carboxylic acids is 2. The highest BCUT2D eigenvalue weighted by atomic mass is 16.2. The Morgan fingerprint density at radius 2 is 2.00 bits per heavy atom. The number of rotatable bonds is 6. The van der Waals surface area contributed by atoms with Gasteiger partial charge < -0.3 is 15.2 Å². The Morgan fingerprint density at radius 1 is 1.23 bits per heavy atom. The fraction of sp³-hybridized carbons (Fsp3) is 0.476. The number of para-hydroxylation sites is 1. The van der Waals surface area contributed by atoms with E-state index in [1.165, 1.54) is 0 Å². The van der Waals surface area contributed by atoms with Crippen molar-refractivity contribution in [3.8, 4) is 0 Å². The average Bonchev–Trinajstić information content (AvgIpc) is 3.35. The van der Waals surface area contributed by atoms with Crippen LogP contribution in [0, 0.1) is 5.92 Å². The number of hydrogen-bond donors (Lipinski definition) is 3. The van der Waals surface area contributed by atoms with Crippen molar-refractivity contribution in [1.29, 1.82) is 0 Å². The first-order valence-corrected chi connectivity index (χ1v) is 10.4. The van der Waals surface area contributed by atoms with E-state index in [2.05, 4.69) is 31.0 Å². The topological polar surface area (TPSA) is 118 Å². The molecule has 158 valence electrons. The molecule has 9 heteroatoms. The summed E-state index contributed by atoms with van der Waals surface area (Å²) >= 11 is 0. The third kappa shape index (κ3) is 4.34. The highest BCUT2D eigenvalue weighted by Crippen LogP contribution is 2.25. The molecule has 4 rings (SSSR count). The molecule has 9 nitrogen and oxygen atoms in total. The summed E-state index contributed by atoms with van der Waals surface area (Å²) in [7, 11) is 1.86. The molecule has 3 aromatic rings. The van der Waals surface area contributed by atoms with Crippen LogP contribution in [0.15, 0.2) is 30.6 Å². The van der Waals surface area contributed by atoms with Crippen LogP contribution in [0.5, 0.6) is 0 Å². The molecule has 1 atom stereocenters. The van der Waals surface area contributed by atoms with E-state index in [4.69, 9.17) is 0 Å². The van der Waals surface area contributed by atoms with Crippen LogP contribution in [-0.2, 0) is 23.1 Å². The van der Waals surface area contributed by atoms with Gasteiger partial charge in [-0.15, -0.1) is 10.2 Å². The third-order valence-electron chi connectivity index (χ3n) is 5.83. The van der Waals surface area contributed by atoms with Gasteiger partial charge in [-0.25, -0.2) is 0 Å². The average molecular weight is 409 g/mol. The number of aromatic nitrogens is 5. The summed E-state index contributed by atoms with van der Waals surface area (Å²) in [6, 6.07) is 7.67. The number of nitrogens with zero attached hydrogens (tertiary/aromatic N) is 4. The molecule has 0 aliphatic heterocycles. The van der Waals surface area contributed by atoms with E-state index >= 15 is 0 Å². The summed E-state index contributed by atoms with van der Waals surface area (Å²) in [6.07, 6.45) is 5.01. The standard InChI is InChI=1S/C21H27N7O2/c1-13(20-27-22-12-28(20)2)23-21(30)14-7-9-15(10-8-14)24-19(29)11-18-16-5-3-4-6-17(16)25-26-18/h3-6,12-15H,7-11H2,1-2H3,(H,23,30)(H,24,29)(H,25,26). The number of benzene rings is 1. The van der Waals surface area contributed by atoms with Gasteiger partial charge in [0.1, 0.15) is 6.33 Å². The van der Waals surface area contributed by atoms with Gasteiger partial charge in [-0.05, 0) is 38.7 Å². The molecule has 1 aliphatic rings. The van der Waals surface area contributed by atoms with Crippen molar-refractivity contribution in [2.24, 2.45) is 13.0 Å². The maximum atomic E-state index is 12.6. The second-order valence-corrected chi connectivity index (χ2v) is 8.04. The molecular weight excluding hydrogens is 382 g/mol. The number of nitrogens with one attached hydrogen (secondary N) is 3. The van der Waals surface area contributed by atoms with Gasteiger partial charge in [-0.3, -0.25) is 14.7 Å². The van der Waals surface area contributed by atoms with Gasteiger partial charge in [0.05, 0.1) is 23.7 Å². The normalized spacial score (nSPS) is 20.1. The monoisotopic (exact) mass is 409 g/mol. The molecular formula is C21H27N7O2. The Kier molecular flexibility index (Phi) is 5.78. The fourth-order valence-electron chi connectivity index (χ4n) is 4.17. The van der Waals surface area contributed by atoms with E-state index < -0.39 is 0 Å². The molecule has 1 fully saturated rings. The van der Waals surface area contributed by atoms with E-state index in [9.17, 15) is 9.59 Å². The Bertz CT molecular complexity index is 1030.